The quantitative estimate of drug-likeness (QED) is 0.612. The van der Waals surface area contributed by atoms with Crippen LogP contribution in [0.3, 0.4) is 0 Å². The summed E-state index contributed by atoms with van der Waals surface area (Å²) in [6, 6.07) is 16.4. The van der Waals surface area contributed by atoms with Crippen molar-refractivity contribution in [2.75, 3.05) is 17.7 Å². The lowest BCUT2D eigenvalue weighted by molar-refractivity contribution is 0.102. The molecule has 0 radical (unpaired) electrons. The molecule has 0 aliphatic rings. The fourth-order valence-electron chi connectivity index (χ4n) is 2.75. The number of benzene rings is 2. The first-order valence-electron chi connectivity index (χ1n) is 9.29. The van der Waals surface area contributed by atoms with Crippen LogP contribution in [0.25, 0.3) is 0 Å². The summed E-state index contributed by atoms with van der Waals surface area (Å²) < 4.78 is 11.1. The van der Waals surface area contributed by atoms with Gasteiger partial charge in [0.05, 0.1) is 24.6 Å². The van der Waals surface area contributed by atoms with Crippen LogP contribution in [0.1, 0.15) is 30.2 Å². The van der Waals surface area contributed by atoms with Crippen molar-refractivity contribution < 1.29 is 14.3 Å². The van der Waals surface area contributed by atoms with E-state index >= 15 is 0 Å². The van der Waals surface area contributed by atoms with Crippen molar-refractivity contribution in [2.45, 2.75) is 26.9 Å². The second kappa shape index (κ2) is 9.05. The van der Waals surface area contributed by atoms with Crippen LogP contribution in [-0.2, 0) is 0 Å². The number of rotatable bonds is 7. The van der Waals surface area contributed by atoms with Crippen LogP contribution in [0.15, 0.2) is 54.6 Å². The van der Waals surface area contributed by atoms with Gasteiger partial charge in [0.1, 0.15) is 28.8 Å². The summed E-state index contributed by atoms with van der Waals surface area (Å²) in [4.78, 5) is 21.4. The van der Waals surface area contributed by atoms with E-state index in [1.54, 1.807) is 32.2 Å². The Morgan fingerprint density at radius 3 is 2.31 bits per heavy atom. The van der Waals surface area contributed by atoms with E-state index in [4.69, 9.17) is 9.47 Å². The maximum atomic E-state index is 12.7. The van der Waals surface area contributed by atoms with E-state index in [1.807, 2.05) is 50.2 Å². The molecular formula is C22H24N4O3. The molecule has 150 valence electrons. The average molecular weight is 392 g/mol. The number of nitrogens with one attached hydrogen (secondary N) is 2. The molecule has 2 aromatic carbocycles. The van der Waals surface area contributed by atoms with Gasteiger partial charge in [-0.15, -0.1) is 0 Å². The van der Waals surface area contributed by atoms with Gasteiger partial charge in [-0.25, -0.2) is 9.97 Å². The molecule has 3 aromatic rings. The minimum atomic E-state index is -0.352. The van der Waals surface area contributed by atoms with E-state index in [9.17, 15) is 4.79 Å². The minimum absolute atomic E-state index is 0.0345. The van der Waals surface area contributed by atoms with Gasteiger partial charge < -0.3 is 20.1 Å². The van der Waals surface area contributed by atoms with Crippen LogP contribution in [-0.4, -0.2) is 29.1 Å². The molecule has 0 fully saturated rings. The van der Waals surface area contributed by atoms with Crippen LogP contribution in [0.5, 0.6) is 11.5 Å². The second-order valence-corrected chi connectivity index (χ2v) is 6.63. The molecule has 0 atom stereocenters. The number of aryl methyl sites for hydroxylation is 1. The van der Waals surface area contributed by atoms with E-state index in [0.29, 0.717) is 28.8 Å². The fraction of sp³-hybridized carbons (Fsp3) is 0.227. The Morgan fingerprint density at radius 2 is 1.62 bits per heavy atom. The molecular weight excluding hydrogens is 368 g/mol. The van der Waals surface area contributed by atoms with Gasteiger partial charge in [-0.05, 0) is 45.0 Å². The number of hydrogen-bond acceptors (Lipinski definition) is 6. The first-order chi connectivity index (χ1) is 14.0. The summed E-state index contributed by atoms with van der Waals surface area (Å²) in [5, 5.41) is 6.05. The highest BCUT2D eigenvalue weighted by Gasteiger charge is 2.14. The molecule has 3 rings (SSSR count). The summed E-state index contributed by atoms with van der Waals surface area (Å²) in [5.74, 6) is 1.91. The van der Waals surface area contributed by atoms with Gasteiger partial charge in [-0.3, -0.25) is 4.79 Å². The number of carbonyl (C=O) groups excluding carboxylic acids is 1. The van der Waals surface area contributed by atoms with Crippen LogP contribution in [0.4, 0.5) is 17.2 Å². The zero-order valence-electron chi connectivity index (χ0n) is 16.9. The third kappa shape index (κ3) is 5.22. The third-order valence-electron chi connectivity index (χ3n) is 3.94. The van der Waals surface area contributed by atoms with Crippen molar-refractivity contribution in [3.05, 3.63) is 66.1 Å². The molecule has 7 nitrogen and oxygen atoms in total. The number of nitrogens with zero attached hydrogens (tertiary/aromatic N) is 2. The van der Waals surface area contributed by atoms with Crippen molar-refractivity contribution in [2.24, 2.45) is 0 Å². The number of hydrogen-bond donors (Lipinski definition) is 2. The number of anilines is 3. The zero-order valence-corrected chi connectivity index (χ0v) is 16.9. The van der Waals surface area contributed by atoms with Gasteiger partial charge >= 0.3 is 0 Å². The molecule has 0 bridgehead atoms. The molecule has 1 heterocycles. The molecule has 0 saturated heterocycles. The van der Waals surface area contributed by atoms with E-state index in [-0.39, 0.29) is 17.7 Å². The molecule has 0 unspecified atom stereocenters. The molecule has 2 N–H and O–H groups in total. The number of amides is 1. The molecule has 1 aromatic heterocycles. The lowest BCUT2D eigenvalue weighted by Crippen LogP contribution is -2.16. The van der Waals surface area contributed by atoms with Crippen LogP contribution in [0, 0.1) is 6.92 Å². The molecule has 7 heteroatoms. The van der Waals surface area contributed by atoms with Crippen molar-refractivity contribution >= 4 is 23.1 Å². The Hall–Kier alpha value is -3.61. The summed E-state index contributed by atoms with van der Waals surface area (Å²) in [6.45, 7) is 5.67. The van der Waals surface area contributed by atoms with Crippen LogP contribution < -0.4 is 20.1 Å². The topological polar surface area (TPSA) is 85.4 Å². The minimum Gasteiger partial charge on any atom is -0.495 e. The standard InChI is InChI=1S/C22H24N4O3/c1-14(2)29-20-12-8-6-10-17(20)25-21-13-18(23-15(3)24-21)22(27)26-16-9-5-7-11-19(16)28-4/h5-14H,1-4H3,(H,26,27)(H,23,24,25). The van der Waals surface area contributed by atoms with E-state index in [0.717, 1.165) is 5.69 Å². The number of para-hydroxylation sites is 4. The van der Waals surface area contributed by atoms with Gasteiger partial charge in [0, 0.05) is 6.07 Å². The summed E-state index contributed by atoms with van der Waals surface area (Å²) in [7, 11) is 1.55. The van der Waals surface area contributed by atoms with Crippen molar-refractivity contribution in [1.82, 2.24) is 9.97 Å². The Morgan fingerprint density at radius 1 is 0.966 bits per heavy atom. The fourth-order valence-corrected chi connectivity index (χ4v) is 2.75. The lowest BCUT2D eigenvalue weighted by atomic mass is 10.2. The summed E-state index contributed by atoms with van der Waals surface area (Å²) in [6.07, 6.45) is 0.0345. The second-order valence-electron chi connectivity index (χ2n) is 6.63. The third-order valence-corrected chi connectivity index (χ3v) is 3.94. The van der Waals surface area contributed by atoms with Crippen LogP contribution >= 0.6 is 0 Å². The molecule has 0 aliphatic heterocycles. The Bertz CT molecular complexity index is 1000. The predicted molar refractivity (Wildman–Crippen MR) is 113 cm³/mol. The SMILES string of the molecule is COc1ccccc1NC(=O)c1cc(Nc2ccccc2OC(C)C)nc(C)n1. The van der Waals surface area contributed by atoms with Gasteiger partial charge in [-0.1, -0.05) is 24.3 Å². The van der Waals surface area contributed by atoms with Crippen molar-refractivity contribution in [3.8, 4) is 11.5 Å². The molecule has 0 aliphatic carbocycles. The Balaban J connectivity index is 1.84. The number of methoxy groups -OCH3 is 1. The predicted octanol–water partition coefficient (Wildman–Crippen LogP) is 4.58. The summed E-state index contributed by atoms with van der Waals surface area (Å²) in [5.41, 5.74) is 1.57. The average Bonchev–Trinajstić information content (AvgIpc) is 2.69. The first-order valence-corrected chi connectivity index (χ1v) is 9.29. The first kappa shape index (κ1) is 20.1. The lowest BCUT2D eigenvalue weighted by Gasteiger charge is -2.15. The molecule has 1 amide bonds. The number of carbonyl (C=O) groups is 1. The van der Waals surface area contributed by atoms with E-state index in [1.165, 1.54) is 0 Å². The maximum absolute atomic E-state index is 12.7. The normalized spacial score (nSPS) is 10.5. The van der Waals surface area contributed by atoms with Crippen molar-refractivity contribution in [3.63, 3.8) is 0 Å². The number of ether oxygens (including phenoxy) is 2. The van der Waals surface area contributed by atoms with Gasteiger partial charge in [0.15, 0.2) is 0 Å². The van der Waals surface area contributed by atoms with E-state index < -0.39 is 0 Å². The maximum Gasteiger partial charge on any atom is 0.274 e. The largest absolute Gasteiger partial charge is 0.495 e. The zero-order chi connectivity index (χ0) is 20.8. The van der Waals surface area contributed by atoms with Crippen LogP contribution in [0.2, 0.25) is 0 Å². The summed E-state index contributed by atoms with van der Waals surface area (Å²) >= 11 is 0. The molecule has 0 spiro atoms. The highest BCUT2D eigenvalue weighted by atomic mass is 16.5. The Labute approximate surface area is 170 Å². The van der Waals surface area contributed by atoms with Gasteiger partial charge in [-0.2, -0.15) is 0 Å². The molecule has 29 heavy (non-hydrogen) atoms. The number of aromatic nitrogens is 2. The van der Waals surface area contributed by atoms with Gasteiger partial charge in [0.25, 0.3) is 5.91 Å². The highest BCUT2D eigenvalue weighted by Crippen LogP contribution is 2.28. The smallest absolute Gasteiger partial charge is 0.274 e. The monoisotopic (exact) mass is 392 g/mol. The Kier molecular flexibility index (Phi) is 6.29. The highest BCUT2D eigenvalue weighted by molar-refractivity contribution is 6.04. The van der Waals surface area contributed by atoms with E-state index in [2.05, 4.69) is 20.6 Å². The van der Waals surface area contributed by atoms with Crippen molar-refractivity contribution in [1.29, 1.82) is 0 Å². The molecule has 0 saturated carbocycles. The van der Waals surface area contributed by atoms with Gasteiger partial charge in [0.2, 0.25) is 0 Å².